The van der Waals surface area contributed by atoms with Crippen LogP contribution in [0.2, 0.25) is 0 Å². The molecule has 1 saturated heterocycles. The smallest absolute Gasteiger partial charge is 0.230 e. The molecular weight excluding hydrogens is 364 g/mol. The SMILES string of the molecule is Cc1ccc(CSCC(=O)NC(C)c2ccc(N3CCCC(C)C3)cc2)cc1. The Balaban J connectivity index is 1.45. The highest BCUT2D eigenvalue weighted by atomic mass is 32.2. The van der Waals surface area contributed by atoms with Crippen molar-refractivity contribution in [2.24, 2.45) is 5.92 Å². The molecule has 150 valence electrons. The van der Waals surface area contributed by atoms with Crippen LogP contribution in [-0.4, -0.2) is 24.7 Å². The van der Waals surface area contributed by atoms with Gasteiger partial charge in [0.25, 0.3) is 0 Å². The molecule has 2 aromatic rings. The minimum atomic E-state index is 0.0294. The number of benzene rings is 2. The third-order valence-corrected chi connectivity index (χ3v) is 6.42. The fraction of sp³-hybridized carbons (Fsp3) is 0.458. The first kappa shape index (κ1) is 20.8. The van der Waals surface area contributed by atoms with E-state index >= 15 is 0 Å². The Morgan fingerprint density at radius 3 is 2.57 bits per heavy atom. The van der Waals surface area contributed by atoms with E-state index in [2.05, 4.69) is 79.5 Å². The first-order chi connectivity index (χ1) is 13.5. The standard InChI is InChI=1S/C24H32N2OS/c1-18-6-8-21(9-7-18)16-28-17-24(27)25-20(3)22-10-12-23(13-11-22)26-14-4-5-19(2)15-26/h6-13,19-20H,4-5,14-17H2,1-3H3,(H,25,27). The molecule has 28 heavy (non-hydrogen) atoms. The average Bonchev–Trinajstić information content (AvgIpc) is 2.69. The summed E-state index contributed by atoms with van der Waals surface area (Å²) >= 11 is 1.66. The molecule has 0 saturated carbocycles. The molecular formula is C24H32N2OS. The number of anilines is 1. The molecule has 0 radical (unpaired) electrons. The molecule has 0 aromatic heterocycles. The summed E-state index contributed by atoms with van der Waals surface area (Å²) in [5.41, 5.74) is 4.98. The summed E-state index contributed by atoms with van der Waals surface area (Å²) in [6, 6.07) is 17.2. The number of hydrogen-bond acceptors (Lipinski definition) is 3. The van der Waals surface area contributed by atoms with Crippen LogP contribution in [0.15, 0.2) is 48.5 Å². The van der Waals surface area contributed by atoms with E-state index in [1.807, 2.05) is 0 Å². The molecule has 1 N–H and O–H groups in total. The molecule has 3 rings (SSSR count). The van der Waals surface area contributed by atoms with Gasteiger partial charge < -0.3 is 10.2 Å². The Hall–Kier alpha value is -1.94. The van der Waals surface area contributed by atoms with Crippen LogP contribution < -0.4 is 10.2 Å². The lowest BCUT2D eigenvalue weighted by molar-refractivity contribution is -0.119. The minimum Gasteiger partial charge on any atom is -0.371 e. The predicted octanol–water partition coefficient (Wildman–Crippen LogP) is 5.34. The number of carbonyl (C=O) groups excluding carboxylic acids is 1. The number of nitrogens with zero attached hydrogens (tertiary/aromatic N) is 1. The van der Waals surface area contributed by atoms with Crippen molar-refractivity contribution < 1.29 is 4.79 Å². The summed E-state index contributed by atoms with van der Waals surface area (Å²) < 4.78 is 0. The van der Waals surface area contributed by atoms with Crippen LogP contribution in [0.3, 0.4) is 0 Å². The van der Waals surface area contributed by atoms with Crippen molar-refractivity contribution in [3.05, 3.63) is 65.2 Å². The van der Waals surface area contributed by atoms with Gasteiger partial charge in [0.1, 0.15) is 0 Å². The molecule has 0 aliphatic carbocycles. The van der Waals surface area contributed by atoms with E-state index in [1.54, 1.807) is 11.8 Å². The normalized spacial score (nSPS) is 18.0. The third-order valence-electron chi connectivity index (χ3n) is 5.42. The third kappa shape index (κ3) is 6.03. The van der Waals surface area contributed by atoms with E-state index in [1.165, 1.54) is 29.7 Å². The number of amides is 1. The second kappa shape index (κ2) is 10.0. The zero-order chi connectivity index (χ0) is 19.9. The maximum absolute atomic E-state index is 12.3. The summed E-state index contributed by atoms with van der Waals surface area (Å²) in [4.78, 5) is 14.8. The zero-order valence-corrected chi connectivity index (χ0v) is 18.1. The maximum atomic E-state index is 12.3. The Kier molecular flexibility index (Phi) is 7.43. The van der Waals surface area contributed by atoms with Crippen LogP contribution >= 0.6 is 11.8 Å². The van der Waals surface area contributed by atoms with Crippen molar-refractivity contribution in [1.82, 2.24) is 5.32 Å². The van der Waals surface area contributed by atoms with Crippen LogP contribution in [-0.2, 0) is 10.5 Å². The van der Waals surface area contributed by atoms with Gasteiger partial charge in [-0.1, -0.05) is 48.9 Å². The van der Waals surface area contributed by atoms with E-state index in [0.717, 1.165) is 30.3 Å². The molecule has 3 nitrogen and oxygen atoms in total. The highest BCUT2D eigenvalue weighted by Crippen LogP contribution is 2.24. The lowest BCUT2D eigenvalue weighted by atomic mass is 9.99. The maximum Gasteiger partial charge on any atom is 0.230 e. The van der Waals surface area contributed by atoms with Crippen molar-refractivity contribution in [3.63, 3.8) is 0 Å². The summed E-state index contributed by atoms with van der Waals surface area (Å²) in [5, 5.41) is 3.12. The second-order valence-electron chi connectivity index (χ2n) is 8.05. The number of hydrogen-bond donors (Lipinski definition) is 1. The topological polar surface area (TPSA) is 32.3 Å². The number of thioether (sulfide) groups is 1. The van der Waals surface area contributed by atoms with Gasteiger partial charge >= 0.3 is 0 Å². The summed E-state index contributed by atoms with van der Waals surface area (Å²) in [5.74, 6) is 2.22. The van der Waals surface area contributed by atoms with E-state index in [4.69, 9.17) is 0 Å². The van der Waals surface area contributed by atoms with Crippen molar-refractivity contribution >= 4 is 23.4 Å². The average molecular weight is 397 g/mol. The highest BCUT2D eigenvalue weighted by Gasteiger charge is 2.17. The van der Waals surface area contributed by atoms with Crippen molar-refractivity contribution in [3.8, 4) is 0 Å². The quantitative estimate of drug-likeness (QED) is 0.685. The molecule has 2 unspecified atom stereocenters. The van der Waals surface area contributed by atoms with Crippen LogP contribution in [0.5, 0.6) is 0 Å². The van der Waals surface area contributed by atoms with E-state index in [9.17, 15) is 4.79 Å². The molecule has 1 aliphatic heterocycles. The van der Waals surface area contributed by atoms with Gasteiger partial charge in [0, 0.05) is 24.5 Å². The monoisotopic (exact) mass is 396 g/mol. The number of carbonyl (C=O) groups is 1. The fourth-order valence-electron chi connectivity index (χ4n) is 3.71. The van der Waals surface area contributed by atoms with Gasteiger partial charge in [0.15, 0.2) is 0 Å². The van der Waals surface area contributed by atoms with Crippen molar-refractivity contribution in [2.45, 2.75) is 45.4 Å². The zero-order valence-electron chi connectivity index (χ0n) is 17.3. The Morgan fingerprint density at radius 1 is 1.18 bits per heavy atom. The van der Waals surface area contributed by atoms with Gasteiger partial charge in [0.2, 0.25) is 5.91 Å². The first-order valence-electron chi connectivity index (χ1n) is 10.3. The van der Waals surface area contributed by atoms with Crippen LogP contribution in [0.4, 0.5) is 5.69 Å². The van der Waals surface area contributed by atoms with Crippen molar-refractivity contribution in [1.29, 1.82) is 0 Å². The molecule has 0 spiro atoms. The molecule has 0 bridgehead atoms. The van der Waals surface area contributed by atoms with Gasteiger partial charge in [-0.25, -0.2) is 0 Å². The summed E-state index contributed by atoms with van der Waals surface area (Å²) in [6.45, 7) is 8.76. The largest absolute Gasteiger partial charge is 0.371 e. The predicted molar refractivity (Wildman–Crippen MR) is 121 cm³/mol. The second-order valence-corrected chi connectivity index (χ2v) is 9.04. The van der Waals surface area contributed by atoms with Gasteiger partial charge in [-0.2, -0.15) is 0 Å². The van der Waals surface area contributed by atoms with Crippen LogP contribution in [0, 0.1) is 12.8 Å². The van der Waals surface area contributed by atoms with Crippen LogP contribution in [0.1, 0.15) is 49.4 Å². The minimum absolute atomic E-state index is 0.0294. The Bertz CT molecular complexity index is 757. The van der Waals surface area contributed by atoms with Gasteiger partial charge in [-0.05, 0) is 55.9 Å². The number of piperidine rings is 1. The number of aryl methyl sites for hydroxylation is 1. The molecule has 1 fully saturated rings. The van der Waals surface area contributed by atoms with Crippen LogP contribution in [0.25, 0.3) is 0 Å². The molecule has 4 heteroatoms. The summed E-state index contributed by atoms with van der Waals surface area (Å²) in [7, 11) is 0. The first-order valence-corrected chi connectivity index (χ1v) is 11.4. The van der Waals surface area contributed by atoms with Crippen molar-refractivity contribution in [2.75, 3.05) is 23.7 Å². The lowest BCUT2D eigenvalue weighted by Gasteiger charge is -2.33. The Labute approximate surface area is 173 Å². The van der Waals surface area contributed by atoms with E-state index in [0.29, 0.717) is 5.75 Å². The molecule has 2 aromatic carbocycles. The molecule has 1 aliphatic rings. The molecule has 1 heterocycles. The van der Waals surface area contributed by atoms with E-state index < -0.39 is 0 Å². The van der Waals surface area contributed by atoms with Gasteiger partial charge in [-0.15, -0.1) is 11.8 Å². The fourth-order valence-corrected chi connectivity index (χ4v) is 4.51. The highest BCUT2D eigenvalue weighted by molar-refractivity contribution is 7.99. The van der Waals surface area contributed by atoms with Gasteiger partial charge in [-0.3, -0.25) is 4.79 Å². The van der Waals surface area contributed by atoms with Gasteiger partial charge in [0.05, 0.1) is 11.8 Å². The Morgan fingerprint density at radius 2 is 1.89 bits per heavy atom. The summed E-state index contributed by atoms with van der Waals surface area (Å²) in [6.07, 6.45) is 2.61. The molecule has 2 atom stereocenters. The van der Waals surface area contributed by atoms with E-state index in [-0.39, 0.29) is 11.9 Å². The number of rotatable bonds is 7. The number of nitrogens with one attached hydrogen (secondary N) is 1. The molecule has 1 amide bonds. The lowest BCUT2D eigenvalue weighted by Crippen LogP contribution is -2.34.